The smallest absolute Gasteiger partial charge is 0.376 e. The van der Waals surface area contributed by atoms with Gasteiger partial charge in [0.1, 0.15) is 0 Å². The van der Waals surface area contributed by atoms with Gasteiger partial charge in [-0.05, 0) is 19.3 Å². The summed E-state index contributed by atoms with van der Waals surface area (Å²) >= 11 is 0. The van der Waals surface area contributed by atoms with E-state index in [4.69, 9.17) is 4.74 Å². The molecule has 7 heteroatoms. The van der Waals surface area contributed by atoms with Crippen LogP contribution in [0.4, 0.5) is 13.2 Å². The van der Waals surface area contributed by atoms with Gasteiger partial charge in [-0.3, -0.25) is 4.79 Å². The molecule has 1 unspecified atom stereocenters. The van der Waals surface area contributed by atoms with E-state index in [1.807, 2.05) is 5.32 Å². The van der Waals surface area contributed by atoms with Gasteiger partial charge in [-0.15, -0.1) is 0 Å². The first-order valence-corrected chi connectivity index (χ1v) is 5.63. The van der Waals surface area contributed by atoms with Crippen molar-refractivity contribution in [3.8, 4) is 0 Å². The zero-order valence-corrected chi connectivity index (χ0v) is 9.48. The summed E-state index contributed by atoms with van der Waals surface area (Å²) in [4.78, 5) is 11.2. The number of hydrogen-bond donors (Lipinski definition) is 2. The molecule has 100 valence electrons. The van der Waals surface area contributed by atoms with E-state index >= 15 is 0 Å². The highest BCUT2D eigenvalue weighted by Crippen LogP contribution is 2.12. The fraction of sp³-hybridized carbons (Fsp3) is 0.900. The summed E-state index contributed by atoms with van der Waals surface area (Å²) in [7, 11) is 0. The quantitative estimate of drug-likeness (QED) is 0.764. The van der Waals surface area contributed by atoms with Gasteiger partial charge in [-0.2, -0.15) is 13.2 Å². The number of carbonyl (C=O) groups is 1. The number of halogens is 3. The molecule has 0 spiro atoms. The normalized spacial score (nSPS) is 21.2. The van der Waals surface area contributed by atoms with E-state index in [0.29, 0.717) is 13.2 Å². The Labute approximate surface area is 97.9 Å². The summed E-state index contributed by atoms with van der Waals surface area (Å²) in [5.74, 6) is -0.441. The highest BCUT2D eigenvalue weighted by molar-refractivity contribution is 5.77. The SMILES string of the molecule is O=C(CNCC(F)(F)F)NCC1CCCCO1. The molecule has 1 amide bonds. The molecule has 0 aromatic rings. The van der Waals surface area contributed by atoms with Gasteiger partial charge in [0.25, 0.3) is 0 Å². The number of carbonyl (C=O) groups excluding carboxylic acids is 1. The van der Waals surface area contributed by atoms with Crippen molar-refractivity contribution in [2.45, 2.75) is 31.5 Å². The van der Waals surface area contributed by atoms with Crippen LogP contribution in [0.5, 0.6) is 0 Å². The van der Waals surface area contributed by atoms with E-state index in [9.17, 15) is 18.0 Å². The predicted molar refractivity (Wildman–Crippen MR) is 55.5 cm³/mol. The molecule has 1 rings (SSSR count). The molecule has 4 nitrogen and oxygen atoms in total. The molecule has 0 aliphatic carbocycles. The van der Waals surface area contributed by atoms with E-state index in [1.54, 1.807) is 0 Å². The first-order valence-electron chi connectivity index (χ1n) is 5.63. The lowest BCUT2D eigenvalue weighted by atomic mass is 10.1. The lowest BCUT2D eigenvalue weighted by Crippen LogP contribution is -2.41. The minimum absolute atomic E-state index is 0.00434. The van der Waals surface area contributed by atoms with Crippen molar-refractivity contribution in [2.75, 3.05) is 26.2 Å². The van der Waals surface area contributed by atoms with Crippen molar-refractivity contribution in [1.29, 1.82) is 0 Å². The minimum atomic E-state index is -4.28. The van der Waals surface area contributed by atoms with Crippen LogP contribution in [0, 0.1) is 0 Å². The van der Waals surface area contributed by atoms with Crippen LogP contribution in [0.25, 0.3) is 0 Å². The van der Waals surface area contributed by atoms with Crippen LogP contribution in [-0.2, 0) is 9.53 Å². The zero-order chi connectivity index (χ0) is 12.7. The van der Waals surface area contributed by atoms with Gasteiger partial charge in [0.15, 0.2) is 0 Å². The van der Waals surface area contributed by atoms with Crippen molar-refractivity contribution in [1.82, 2.24) is 10.6 Å². The second-order valence-electron chi connectivity index (χ2n) is 4.01. The van der Waals surface area contributed by atoms with Crippen LogP contribution in [-0.4, -0.2) is 44.4 Å². The maximum absolute atomic E-state index is 11.8. The van der Waals surface area contributed by atoms with Crippen molar-refractivity contribution in [2.24, 2.45) is 0 Å². The molecule has 2 N–H and O–H groups in total. The Bertz CT molecular complexity index is 240. The number of rotatable bonds is 5. The fourth-order valence-electron chi connectivity index (χ4n) is 1.58. The lowest BCUT2D eigenvalue weighted by Gasteiger charge is -2.22. The van der Waals surface area contributed by atoms with Crippen LogP contribution in [0.3, 0.4) is 0 Å². The average Bonchev–Trinajstić information content (AvgIpc) is 2.26. The van der Waals surface area contributed by atoms with Crippen LogP contribution in [0.2, 0.25) is 0 Å². The third kappa shape index (κ3) is 7.17. The molecule has 1 aliphatic heterocycles. The van der Waals surface area contributed by atoms with E-state index in [1.165, 1.54) is 0 Å². The number of ether oxygens (including phenoxy) is 1. The standard InChI is InChI=1S/C10H17F3N2O2/c11-10(12,13)7-14-6-9(16)15-5-8-3-1-2-4-17-8/h8,14H,1-7H2,(H,15,16). The number of hydrogen-bond acceptors (Lipinski definition) is 3. The highest BCUT2D eigenvalue weighted by Gasteiger charge is 2.26. The van der Waals surface area contributed by atoms with Gasteiger partial charge >= 0.3 is 6.18 Å². The Morgan fingerprint density at radius 3 is 2.71 bits per heavy atom. The Hall–Kier alpha value is -0.820. The molecule has 0 aromatic carbocycles. The molecule has 1 saturated heterocycles. The van der Waals surface area contributed by atoms with Crippen LogP contribution in [0.15, 0.2) is 0 Å². The van der Waals surface area contributed by atoms with Gasteiger partial charge in [0.2, 0.25) is 5.91 Å². The largest absolute Gasteiger partial charge is 0.401 e. The Balaban J connectivity index is 2.04. The molecular weight excluding hydrogens is 237 g/mol. The summed E-state index contributed by atoms with van der Waals surface area (Å²) in [6.45, 7) is -0.425. The molecular formula is C10H17F3N2O2. The van der Waals surface area contributed by atoms with E-state index < -0.39 is 18.6 Å². The van der Waals surface area contributed by atoms with E-state index in [-0.39, 0.29) is 12.6 Å². The predicted octanol–water partition coefficient (Wildman–Crippen LogP) is 0.824. The first kappa shape index (κ1) is 14.2. The second-order valence-corrected chi connectivity index (χ2v) is 4.01. The van der Waals surface area contributed by atoms with Gasteiger partial charge < -0.3 is 15.4 Å². The third-order valence-electron chi connectivity index (χ3n) is 2.41. The first-order chi connectivity index (χ1) is 7.97. The van der Waals surface area contributed by atoms with Gasteiger partial charge in [0.05, 0.1) is 19.2 Å². The highest BCUT2D eigenvalue weighted by atomic mass is 19.4. The van der Waals surface area contributed by atoms with Crippen LogP contribution in [0.1, 0.15) is 19.3 Å². The summed E-state index contributed by atoms with van der Waals surface area (Å²) in [6, 6.07) is 0. The van der Waals surface area contributed by atoms with Gasteiger partial charge in [0, 0.05) is 13.2 Å². The number of nitrogens with one attached hydrogen (secondary N) is 2. The molecule has 0 bridgehead atoms. The zero-order valence-electron chi connectivity index (χ0n) is 9.48. The monoisotopic (exact) mass is 254 g/mol. The summed E-state index contributed by atoms with van der Waals surface area (Å²) in [5.41, 5.74) is 0. The average molecular weight is 254 g/mol. The number of alkyl halides is 3. The summed E-state index contributed by atoms with van der Waals surface area (Å²) in [6.07, 6.45) is -1.32. The van der Waals surface area contributed by atoms with Crippen molar-refractivity contribution in [3.63, 3.8) is 0 Å². The van der Waals surface area contributed by atoms with Crippen molar-refractivity contribution >= 4 is 5.91 Å². The Morgan fingerprint density at radius 2 is 2.12 bits per heavy atom. The molecule has 17 heavy (non-hydrogen) atoms. The second kappa shape index (κ2) is 6.80. The topological polar surface area (TPSA) is 50.4 Å². The van der Waals surface area contributed by atoms with Crippen LogP contribution < -0.4 is 10.6 Å². The van der Waals surface area contributed by atoms with Gasteiger partial charge in [-0.1, -0.05) is 0 Å². The minimum Gasteiger partial charge on any atom is -0.376 e. The summed E-state index contributed by atoms with van der Waals surface area (Å²) < 4.78 is 40.7. The van der Waals surface area contributed by atoms with Crippen molar-refractivity contribution < 1.29 is 22.7 Å². The summed E-state index contributed by atoms with van der Waals surface area (Å²) in [5, 5.41) is 4.58. The Kier molecular flexibility index (Phi) is 5.70. The van der Waals surface area contributed by atoms with Gasteiger partial charge in [-0.25, -0.2) is 0 Å². The molecule has 1 fully saturated rings. The molecule has 0 aromatic heterocycles. The molecule has 1 atom stereocenters. The van der Waals surface area contributed by atoms with E-state index in [0.717, 1.165) is 19.3 Å². The Morgan fingerprint density at radius 1 is 1.35 bits per heavy atom. The van der Waals surface area contributed by atoms with Crippen molar-refractivity contribution in [3.05, 3.63) is 0 Å². The molecule has 0 radical (unpaired) electrons. The van der Waals surface area contributed by atoms with Crippen LogP contribution >= 0.6 is 0 Å². The third-order valence-corrected chi connectivity index (χ3v) is 2.41. The molecule has 1 aliphatic rings. The molecule has 0 saturated carbocycles. The lowest BCUT2D eigenvalue weighted by molar-refractivity contribution is -0.128. The maximum Gasteiger partial charge on any atom is 0.401 e. The maximum atomic E-state index is 11.8. The fourth-order valence-corrected chi connectivity index (χ4v) is 1.58. The molecule has 1 heterocycles. The van der Waals surface area contributed by atoms with E-state index in [2.05, 4.69) is 5.32 Å². The number of amides is 1.